The third kappa shape index (κ3) is 17.1. The van der Waals surface area contributed by atoms with Gasteiger partial charge in [0, 0.05) is 50.7 Å². The van der Waals surface area contributed by atoms with Gasteiger partial charge in [-0.1, -0.05) is 182 Å². The number of azo groups is 1. The molecule has 0 atom stereocenters. The molecule has 0 aliphatic heterocycles. The summed E-state index contributed by atoms with van der Waals surface area (Å²) < 4.78 is 48.3. The van der Waals surface area contributed by atoms with Gasteiger partial charge in [-0.05, 0) is 71.9 Å². The molecule has 9 aromatic rings. The number of aromatic nitrogens is 2. The Morgan fingerprint density at radius 3 is 1.18 bits per heavy atom. The Hall–Kier alpha value is -6.07. The first kappa shape index (κ1) is 51.6. The summed E-state index contributed by atoms with van der Waals surface area (Å²) in [6, 6.07) is 73.0. The summed E-state index contributed by atoms with van der Waals surface area (Å²) in [6.45, 7) is 4.50. The van der Waals surface area contributed by atoms with Gasteiger partial charge < -0.3 is 8.98 Å². The summed E-state index contributed by atoms with van der Waals surface area (Å²) >= 11 is 0. The van der Waals surface area contributed by atoms with Crippen molar-refractivity contribution in [1.82, 2.24) is 9.55 Å². The molecule has 0 spiro atoms. The summed E-state index contributed by atoms with van der Waals surface area (Å²) in [6.07, 6.45) is 3.45. The average molecular weight is 1100 g/mol. The van der Waals surface area contributed by atoms with Crippen LogP contribution in [0.25, 0.3) is 11.0 Å². The van der Waals surface area contributed by atoms with Gasteiger partial charge in [0.15, 0.2) is 0 Å². The van der Waals surface area contributed by atoms with Crippen LogP contribution in [0.15, 0.2) is 244 Å². The van der Waals surface area contributed by atoms with Gasteiger partial charge in [-0.3, -0.25) is 0 Å². The Labute approximate surface area is 394 Å². The van der Waals surface area contributed by atoms with Crippen molar-refractivity contribution in [3.63, 3.8) is 0 Å². The number of aryl methyl sites for hydroxylation is 1. The van der Waals surface area contributed by atoms with Crippen LogP contribution in [0.3, 0.4) is 0 Å². The van der Waals surface area contributed by atoms with Crippen molar-refractivity contribution in [2.24, 2.45) is 17.3 Å². The van der Waals surface area contributed by atoms with Crippen molar-refractivity contribution in [2.75, 3.05) is 0 Å². The van der Waals surface area contributed by atoms with E-state index in [0.29, 0.717) is 17.2 Å². The topological polar surface area (TPSA) is 185 Å². The molecule has 328 valence electrons. The van der Waals surface area contributed by atoms with Crippen LogP contribution in [-0.4, -0.2) is 9.55 Å². The number of imidazole rings is 1. The minimum atomic E-state index is -4.94. The zero-order chi connectivity index (χ0) is 45.6. The summed E-state index contributed by atoms with van der Waals surface area (Å²) in [5, 5.41) is 17.3. The van der Waals surface area contributed by atoms with Crippen molar-refractivity contribution < 1.29 is 57.7 Å². The van der Waals surface area contributed by atoms with Crippen LogP contribution in [0.4, 0.5) is 11.6 Å². The number of benzene rings is 7. The monoisotopic (exact) mass is 1100 g/mol. The van der Waals surface area contributed by atoms with Crippen LogP contribution in [0, 0.1) is 16.9 Å². The van der Waals surface area contributed by atoms with Crippen LogP contribution < -0.4 is 56.1 Å². The SMILES string of the molecule is Cn1ccnc1N=Nc1ccc2oc(=O)ccc2c1.[C-]#[O+].[O-][Cl+3]([O-])([O-])[O-].[Os].c1ccc(P(c2ccccc2)c2ccccc2)cc1.c1ccc(P(c2ccccc2)c2ccccc2)cc1. The third-order valence-electron chi connectivity index (χ3n) is 8.74. The van der Waals surface area contributed by atoms with Crippen LogP contribution in [0.5, 0.6) is 0 Å². The van der Waals surface area contributed by atoms with Crippen molar-refractivity contribution >= 4 is 70.3 Å². The number of fused-ring (bicyclic) bond motifs is 1. The normalized spacial score (nSPS) is 10.5. The van der Waals surface area contributed by atoms with Gasteiger partial charge in [-0.25, -0.2) is 28.4 Å². The average Bonchev–Trinajstić information content (AvgIpc) is 3.75. The van der Waals surface area contributed by atoms with Gasteiger partial charge >= 0.3 is 16.9 Å². The molecular weight excluding hydrogens is 1060 g/mol. The predicted octanol–water partition coefficient (Wildman–Crippen LogP) is 5.04. The molecule has 0 fully saturated rings. The fraction of sp³-hybridized carbons (Fsp3) is 0.0200. The van der Waals surface area contributed by atoms with E-state index in [4.69, 9.17) is 27.7 Å². The summed E-state index contributed by atoms with van der Waals surface area (Å²) in [4.78, 5) is 15.1. The molecule has 9 rings (SSSR count). The fourth-order valence-electron chi connectivity index (χ4n) is 6.03. The Bertz CT molecular complexity index is 2530. The smallest absolute Gasteiger partial charge is 0 e. The van der Waals surface area contributed by atoms with Crippen molar-refractivity contribution in [3.05, 3.63) is 242 Å². The molecule has 0 aliphatic carbocycles. The molecule has 0 saturated heterocycles. The van der Waals surface area contributed by atoms with E-state index in [-0.39, 0.29) is 25.4 Å². The van der Waals surface area contributed by atoms with E-state index in [1.807, 2.05) is 7.05 Å². The molecular formula is C50H40ClN4O7OsP2-. The molecule has 65 heavy (non-hydrogen) atoms. The summed E-state index contributed by atoms with van der Waals surface area (Å²) in [5.74, 6) is 0.527. The molecule has 0 saturated carbocycles. The van der Waals surface area contributed by atoms with E-state index < -0.39 is 26.1 Å². The van der Waals surface area contributed by atoms with Gasteiger partial charge in [-0.2, -0.15) is 0 Å². The maximum atomic E-state index is 11.1. The number of nitrogens with zero attached hydrogens (tertiary/aromatic N) is 4. The second kappa shape index (κ2) is 27.3. The van der Waals surface area contributed by atoms with Gasteiger partial charge in [0.1, 0.15) is 5.58 Å². The quantitative estimate of drug-likeness (QED) is 0.0672. The molecule has 15 heteroatoms. The zero-order valence-electron chi connectivity index (χ0n) is 34.6. The first-order valence-electron chi connectivity index (χ1n) is 19.3. The van der Waals surface area contributed by atoms with E-state index in [9.17, 15) is 4.79 Å². The van der Waals surface area contributed by atoms with Crippen molar-refractivity contribution in [2.45, 2.75) is 0 Å². The molecule has 2 aromatic heterocycles. The van der Waals surface area contributed by atoms with Crippen LogP contribution >= 0.6 is 15.8 Å². The zero-order valence-corrected chi connectivity index (χ0v) is 39.7. The van der Waals surface area contributed by atoms with Crippen molar-refractivity contribution in [3.8, 4) is 0 Å². The maximum Gasteiger partial charge on any atom is 0 e. The second-order valence-corrected chi connectivity index (χ2v) is 18.3. The van der Waals surface area contributed by atoms with E-state index in [1.165, 1.54) is 37.9 Å². The minimum Gasteiger partial charge on any atom is -0.222 e. The Morgan fingerprint density at radius 1 is 0.538 bits per heavy atom. The number of halogens is 1. The molecule has 0 N–H and O–H groups in total. The van der Waals surface area contributed by atoms with E-state index in [2.05, 4.69) is 204 Å². The fourth-order valence-corrected chi connectivity index (χ4v) is 10.6. The minimum absolute atomic E-state index is 0. The molecule has 0 bridgehead atoms. The Morgan fingerprint density at radius 2 is 0.877 bits per heavy atom. The maximum absolute atomic E-state index is 11.1. The summed E-state index contributed by atoms with van der Waals surface area (Å²) in [7, 11) is -3.99. The number of hydrogen-bond donors (Lipinski definition) is 0. The first-order chi connectivity index (χ1) is 31.1. The molecule has 2 heterocycles. The second-order valence-electron chi connectivity index (χ2n) is 13.1. The van der Waals surface area contributed by atoms with Crippen LogP contribution in [0.1, 0.15) is 0 Å². The molecule has 7 aromatic carbocycles. The molecule has 0 unspecified atom stereocenters. The molecule has 0 aliphatic rings. The van der Waals surface area contributed by atoms with Crippen LogP contribution in [-0.2, 0) is 31.5 Å². The van der Waals surface area contributed by atoms with E-state index in [1.54, 1.807) is 41.2 Å². The van der Waals surface area contributed by atoms with Gasteiger partial charge in [0.25, 0.3) is 0 Å². The standard InChI is InChI=1S/2C18H15P.C13H10N4O2.CO.ClHO4.Os/c2*1-4-10-16(11-5-1)19(17-12-6-2-7-13-17)18-14-8-3-9-15-18;1-17-7-6-14-13(17)16-15-10-3-4-11-9(8-10)2-5-12(18)19-11;1-2;2-1(3,4)5;/h2*1-15H;2-8H,1H3;;(H,2,3,4,5);/p-1. The Kier molecular flexibility index (Phi) is 21.7. The van der Waals surface area contributed by atoms with Gasteiger partial charge in [0.05, 0.1) is 5.69 Å². The largest absolute Gasteiger partial charge is 0.222 e. The number of hydrogen-bond acceptors (Lipinski definition) is 9. The predicted molar refractivity (Wildman–Crippen MR) is 244 cm³/mol. The third-order valence-corrected chi connectivity index (χ3v) is 13.6. The number of rotatable bonds is 8. The Balaban J connectivity index is 0.000000197. The van der Waals surface area contributed by atoms with E-state index in [0.717, 1.165) is 5.39 Å². The van der Waals surface area contributed by atoms with Crippen molar-refractivity contribution in [1.29, 1.82) is 0 Å². The van der Waals surface area contributed by atoms with E-state index >= 15 is 0 Å². The molecule has 11 nitrogen and oxygen atoms in total. The van der Waals surface area contributed by atoms with Gasteiger partial charge in [0.2, 0.25) is 5.95 Å². The molecule has 0 radical (unpaired) electrons. The van der Waals surface area contributed by atoms with Gasteiger partial charge in [-0.15, -0.1) is 20.5 Å². The molecule has 0 amide bonds. The first-order valence-corrected chi connectivity index (χ1v) is 23.2. The summed E-state index contributed by atoms with van der Waals surface area (Å²) in [5.41, 5.74) is 0.836. The van der Waals surface area contributed by atoms with Crippen LogP contribution in [0.2, 0.25) is 0 Å².